The summed E-state index contributed by atoms with van der Waals surface area (Å²) in [5.41, 5.74) is 6.58. The molecular formula is C11H16BrN3O2. The van der Waals surface area contributed by atoms with Crippen molar-refractivity contribution in [1.82, 2.24) is 4.90 Å². The number of benzene rings is 1. The van der Waals surface area contributed by atoms with Gasteiger partial charge in [0, 0.05) is 23.2 Å². The number of non-ortho nitro benzene ring substituents is 1. The molecule has 0 aromatic heterocycles. The highest BCUT2D eigenvalue weighted by molar-refractivity contribution is 9.10. The summed E-state index contributed by atoms with van der Waals surface area (Å²) in [6.45, 7) is 2.34. The van der Waals surface area contributed by atoms with Crippen LogP contribution in [0.15, 0.2) is 22.7 Å². The number of nitrogens with two attached hydrogens (primary N) is 1. The van der Waals surface area contributed by atoms with E-state index in [1.807, 2.05) is 7.05 Å². The van der Waals surface area contributed by atoms with E-state index in [9.17, 15) is 10.1 Å². The molecule has 17 heavy (non-hydrogen) atoms. The molecule has 1 aromatic carbocycles. The van der Waals surface area contributed by atoms with Gasteiger partial charge in [-0.1, -0.05) is 15.9 Å². The van der Waals surface area contributed by atoms with Crippen molar-refractivity contribution in [2.24, 2.45) is 5.73 Å². The zero-order chi connectivity index (χ0) is 12.8. The molecule has 0 aliphatic carbocycles. The monoisotopic (exact) mass is 301 g/mol. The van der Waals surface area contributed by atoms with Crippen LogP contribution in [0.25, 0.3) is 0 Å². The van der Waals surface area contributed by atoms with Gasteiger partial charge < -0.3 is 10.6 Å². The van der Waals surface area contributed by atoms with E-state index in [1.165, 1.54) is 12.1 Å². The predicted molar refractivity (Wildman–Crippen MR) is 70.8 cm³/mol. The van der Waals surface area contributed by atoms with Crippen LogP contribution in [0.3, 0.4) is 0 Å². The Hall–Kier alpha value is -0.980. The van der Waals surface area contributed by atoms with Gasteiger partial charge in [-0.2, -0.15) is 0 Å². The van der Waals surface area contributed by atoms with E-state index in [0.717, 1.165) is 29.5 Å². The molecule has 0 unspecified atom stereocenters. The molecule has 2 N–H and O–H groups in total. The number of halogens is 1. The van der Waals surface area contributed by atoms with E-state index in [0.29, 0.717) is 6.54 Å². The average Bonchev–Trinajstić information content (AvgIpc) is 2.28. The summed E-state index contributed by atoms with van der Waals surface area (Å²) in [7, 11) is 2.00. The molecule has 0 fully saturated rings. The number of rotatable bonds is 6. The quantitative estimate of drug-likeness (QED) is 0.645. The Labute approximate surface area is 109 Å². The second-order valence-electron chi connectivity index (χ2n) is 3.91. The second kappa shape index (κ2) is 6.68. The fourth-order valence-electron chi connectivity index (χ4n) is 1.51. The van der Waals surface area contributed by atoms with Gasteiger partial charge in [0.05, 0.1) is 4.92 Å². The fourth-order valence-corrected chi connectivity index (χ4v) is 2.00. The normalized spacial score (nSPS) is 10.8. The van der Waals surface area contributed by atoms with E-state index < -0.39 is 4.92 Å². The summed E-state index contributed by atoms with van der Waals surface area (Å²) in [6.07, 6.45) is 0.946. The minimum absolute atomic E-state index is 0.102. The lowest BCUT2D eigenvalue weighted by Gasteiger charge is -2.16. The maximum Gasteiger partial charge on any atom is 0.270 e. The lowest BCUT2D eigenvalue weighted by Crippen LogP contribution is -2.21. The van der Waals surface area contributed by atoms with Crippen molar-refractivity contribution in [2.75, 3.05) is 20.1 Å². The zero-order valence-electron chi connectivity index (χ0n) is 9.73. The lowest BCUT2D eigenvalue weighted by molar-refractivity contribution is -0.384. The van der Waals surface area contributed by atoms with Crippen molar-refractivity contribution >= 4 is 21.6 Å². The first-order valence-electron chi connectivity index (χ1n) is 5.36. The number of nitrogens with zero attached hydrogens (tertiary/aromatic N) is 2. The van der Waals surface area contributed by atoms with E-state index in [1.54, 1.807) is 6.07 Å². The van der Waals surface area contributed by atoms with Crippen LogP contribution in [-0.4, -0.2) is 30.0 Å². The van der Waals surface area contributed by atoms with E-state index in [-0.39, 0.29) is 5.69 Å². The maximum atomic E-state index is 10.6. The first-order chi connectivity index (χ1) is 8.04. The van der Waals surface area contributed by atoms with Gasteiger partial charge >= 0.3 is 0 Å². The van der Waals surface area contributed by atoms with Gasteiger partial charge in [0.2, 0.25) is 0 Å². The zero-order valence-corrected chi connectivity index (χ0v) is 11.3. The van der Waals surface area contributed by atoms with Gasteiger partial charge in [0.1, 0.15) is 0 Å². The van der Waals surface area contributed by atoms with Crippen LogP contribution in [0.5, 0.6) is 0 Å². The SMILES string of the molecule is CN(CCCN)Cc1ccc([N+](=O)[O-])cc1Br. The summed E-state index contributed by atoms with van der Waals surface area (Å²) in [5, 5.41) is 10.6. The predicted octanol–water partition coefficient (Wildman–Crippen LogP) is 2.14. The first-order valence-corrected chi connectivity index (χ1v) is 6.15. The second-order valence-corrected chi connectivity index (χ2v) is 4.77. The van der Waals surface area contributed by atoms with E-state index >= 15 is 0 Å². The largest absolute Gasteiger partial charge is 0.330 e. The third kappa shape index (κ3) is 4.41. The molecule has 0 spiro atoms. The van der Waals surface area contributed by atoms with Crippen LogP contribution < -0.4 is 5.73 Å². The minimum Gasteiger partial charge on any atom is -0.330 e. The molecular weight excluding hydrogens is 286 g/mol. The number of hydrogen-bond acceptors (Lipinski definition) is 4. The van der Waals surface area contributed by atoms with Crippen LogP contribution in [0, 0.1) is 10.1 Å². The minimum atomic E-state index is -0.396. The van der Waals surface area contributed by atoms with Gasteiger partial charge in [-0.25, -0.2) is 0 Å². The Bertz CT molecular complexity index is 398. The molecule has 1 aromatic rings. The van der Waals surface area contributed by atoms with Crippen molar-refractivity contribution in [3.05, 3.63) is 38.3 Å². The molecule has 1 rings (SSSR count). The molecule has 0 amide bonds. The molecule has 0 bridgehead atoms. The molecule has 0 saturated carbocycles. The summed E-state index contributed by atoms with van der Waals surface area (Å²) < 4.78 is 0.770. The highest BCUT2D eigenvalue weighted by atomic mass is 79.9. The van der Waals surface area contributed by atoms with Crippen LogP contribution in [0.1, 0.15) is 12.0 Å². The first kappa shape index (κ1) is 14.1. The molecule has 94 valence electrons. The van der Waals surface area contributed by atoms with Gasteiger partial charge in [0.15, 0.2) is 0 Å². The maximum absolute atomic E-state index is 10.6. The van der Waals surface area contributed by atoms with Gasteiger partial charge in [-0.15, -0.1) is 0 Å². The smallest absolute Gasteiger partial charge is 0.270 e. The average molecular weight is 302 g/mol. The Morgan fingerprint density at radius 1 is 1.53 bits per heavy atom. The topological polar surface area (TPSA) is 72.4 Å². The highest BCUT2D eigenvalue weighted by Gasteiger charge is 2.10. The van der Waals surface area contributed by atoms with E-state index in [2.05, 4.69) is 20.8 Å². The third-order valence-electron chi connectivity index (χ3n) is 2.43. The van der Waals surface area contributed by atoms with Crippen molar-refractivity contribution in [3.8, 4) is 0 Å². The number of nitro benzene ring substituents is 1. The molecule has 0 radical (unpaired) electrons. The molecule has 0 atom stereocenters. The van der Waals surface area contributed by atoms with Crippen LogP contribution in [0.4, 0.5) is 5.69 Å². The number of nitro groups is 1. The van der Waals surface area contributed by atoms with E-state index in [4.69, 9.17) is 5.73 Å². The molecule has 0 saturated heterocycles. The van der Waals surface area contributed by atoms with Crippen LogP contribution in [0.2, 0.25) is 0 Å². The van der Waals surface area contributed by atoms with Crippen LogP contribution in [-0.2, 0) is 6.54 Å². The van der Waals surface area contributed by atoms with Gasteiger partial charge in [-0.05, 0) is 38.2 Å². The van der Waals surface area contributed by atoms with Crippen molar-refractivity contribution < 1.29 is 4.92 Å². The van der Waals surface area contributed by atoms with Crippen LogP contribution >= 0.6 is 15.9 Å². The summed E-state index contributed by atoms with van der Waals surface area (Å²) >= 11 is 3.36. The Morgan fingerprint density at radius 2 is 2.24 bits per heavy atom. The van der Waals surface area contributed by atoms with Crippen molar-refractivity contribution in [2.45, 2.75) is 13.0 Å². The summed E-state index contributed by atoms with van der Waals surface area (Å²) in [6, 6.07) is 4.84. The molecule has 5 nitrogen and oxygen atoms in total. The Kier molecular flexibility index (Phi) is 5.54. The number of hydrogen-bond donors (Lipinski definition) is 1. The third-order valence-corrected chi connectivity index (χ3v) is 3.17. The summed E-state index contributed by atoms with van der Waals surface area (Å²) in [4.78, 5) is 12.3. The highest BCUT2D eigenvalue weighted by Crippen LogP contribution is 2.23. The molecule has 0 aliphatic heterocycles. The standard InChI is InChI=1S/C11H16BrN3O2/c1-14(6-2-5-13)8-9-3-4-10(15(16)17)7-11(9)12/h3-4,7H,2,5-6,8,13H2,1H3. The van der Waals surface area contributed by atoms with Gasteiger partial charge in [-0.3, -0.25) is 10.1 Å². The summed E-state index contributed by atoms with van der Waals surface area (Å²) in [5.74, 6) is 0. The lowest BCUT2D eigenvalue weighted by atomic mass is 10.2. The molecule has 0 aliphatic rings. The van der Waals surface area contributed by atoms with Crippen molar-refractivity contribution in [3.63, 3.8) is 0 Å². The fraction of sp³-hybridized carbons (Fsp3) is 0.455. The Balaban J connectivity index is 2.69. The molecule has 0 heterocycles. The molecule has 6 heteroatoms. The Morgan fingerprint density at radius 3 is 2.76 bits per heavy atom. The van der Waals surface area contributed by atoms with Gasteiger partial charge in [0.25, 0.3) is 5.69 Å². The van der Waals surface area contributed by atoms with Crippen molar-refractivity contribution in [1.29, 1.82) is 0 Å².